The zero-order valence-electron chi connectivity index (χ0n) is 28.3. The van der Waals surface area contributed by atoms with Crippen LogP contribution in [0.15, 0.2) is 94.4 Å². The van der Waals surface area contributed by atoms with Gasteiger partial charge in [-0.1, -0.05) is 30.3 Å². The highest BCUT2D eigenvalue weighted by Crippen LogP contribution is 2.42. The van der Waals surface area contributed by atoms with Gasteiger partial charge in [0, 0.05) is 53.1 Å². The van der Waals surface area contributed by atoms with Crippen LogP contribution >= 0.6 is 11.8 Å². The molecule has 0 spiro atoms. The van der Waals surface area contributed by atoms with Gasteiger partial charge in [-0.3, -0.25) is 14.4 Å². The van der Waals surface area contributed by atoms with Gasteiger partial charge in [0.1, 0.15) is 29.2 Å². The van der Waals surface area contributed by atoms with Gasteiger partial charge in [0.2, 0.25) is 23.6 Å². The minimum Gasteiger partial charge on any atom is -0.508 e. The van der Waals surface area contributed by atoms with Crippen molar-refractivity contribution in [3.05, 3.63) is 112 Å². The van der Waals surface area contributed by atoms with Crippen LogP contribution in [-0.4, -0.2) is 59.4 Å². The van der Waals surface area contributed by atoms with Crippen molar-refractivity contribution in [2.24, 2.45) is 0 Å². The average molecular weight is 746 g/mol. The molecule has 2 aromatic heterocycles. The summed E-state index contributed by atoms with van der Waals surface area (Å²) in [7, 11) is 0. The number of aromatic nitrogens is 4. The number of aromatic amines is 1. The molecular formula is C38H31N7O8S. The quantitative estimate of drug-likeness (QED) is 0.0661. The number of phenolic OH excluding ortho intramolecular Hbond substituents is 1. The molecule has 15 nitrogen and oxygen atoms in total. The first kappa shape index (κ1) is 35.5. The highest BCUT2D eigenvalue weighted by Gasteiger charge is 2.23. The number of hydrogen-bond donors (Lipinski definition) is 6. The van der Waals surface area contributed by atoms with Crippen LogP contribution in [0.1, 0.15) is 27.9 Å². The number of rotatable bonds is 13. The molecule has 1 aliphatic carbocycles. The summed E-state index contributed by atoms with van der Waals surface area (Å²) in [6.07, 6.45) is 1.68. The van der Waals surface area contributed by atoms with E-state index in [1.54, 1.807) is 24.3 Å². The molecule has 0 bridgehead atoms. The summed E-state index contributed by atoms with van der Waals surface area (Å²) in [6, 6.07) is 20.8. The Morgan fingerprint density at radius 2 is 1.72 bits per heavy atom. The SMILES string of the molecule is Nc1nc(OCc2ccc(CNC(=O)CCSCC(=O)Nc3ccc(-c4c5ccc(=O)cc-5oc5cc(O)ccc45)c(C(=O)O)c3)cc2)c2[nH]cnc2n1. The molecule has 0 atom stereocenters. The largest absolute Gasteiger partial charge is 0.508 e. The van der Waals surface area contributed by atoms with Gasteiger partial charge in [0.15, 0.2) is 11.1 Å². The first-order valence-electron chi connectivity index (χ1n) is 16.5. The first-order valence-corrected chi connectivity index (χ1v) is 17.7. The van der Waals surface area contributed by atoms with Crippen molar-refractivity contribution in [3.63, 3.8) is 0 Å². The molecule has 0 radical (unpaired) electrons. The second-order valence-electron chi connectivity index (χ2n) is 12.1. The molecule has 272 valence electrons. The Balaban J connectivity index is 0.901. The van der Waals surface area contributed by atoms with Gasteiger partial charge in [-0.2, -0.15) is 21.7 Å². The molecule has 0 saturated carbocycles. The number of phenols is 1. The zero-order chi connectivity index (χ0) is 37.8. The maximum absolute atomic E-state index is 12.8. The molecule has 2 aliphatic rings. The highest BCUT2D eigenvalue weighted by atomic mass is 32.2. The van der Waals surface area contributed by atoms with E-state index in [9.17, 15) is 29.4 Å². The third kappa shape index (κ3) is 7.93. The molecule has 0 fully saturated rings. The Hall–Kier alpha value is -6.94. The number of carboxylic acids is 1. The van der Waals surface area contributed by atoms with E-state index in [-0.39, 0.29) is 70.3 Å². The van der Waals surface area contributed by atoms with E-state index in [0.29, 0.717) is 51.4 Å². The monoisotopic (exact) mass is 745 g/mol. The number of aromatic carboxylic acids is 1. The van der Waals surface area contributed by atoms with Crippen LogP contribution in [0.2, 0.25) is 0 Å². The normalized spacial score (nSPS) is 11.2. The topological polar surface area (TPSA) is 236 Å². The van der Waals surface area contributed by atoms with Crippen molar-refractivity contribution in [2.75, 3.05) is 22.6 Å². The van der Waals surface area contributed by atoms with Crippen LogP contribution < -0.4 is 26.5 Å². The Labute approximate surface area is 310 Å². The number of benzene rings is 4. The van der Waals surface area contributed by atoms with E-state index in [2.05, 4.69) is 30.6 Å². The number of carboxylic acid groups (broad SMARTS) is 1. The summed E-state index contributed by atoms with van der Waals surface area (Å²) in [5, 5.41) is 26.3. The van der Waals surface area contributed by atoms with Crippen molar-refractivity contribution >= 4 is 63.3 Å². The first-order chi connectivity index (χ1) is 26.1. The minimum absolute atomic E-state index is 0.0466. The fraction of sp³-hybridized carbons (Fsp3) is 0.132. The van der Waals surface area contributed by atoms with Crippen molar-refractivity contribution in [2.45, 2.75) is 19.6 Å². The Kier molecular flexibility index (Phi) is 10.1. The Morgan fingerprint density at radius 3 is 2.54 bits per heavy atom. The van der Waals surface area contributed by atoms with Gasteiger partial charge in [-0.25, -0.2) is 9.78 Å². The molecule has 3 heterocycles. The number of ether oxygens (including phenoxy) is 1. The number of nitrogen functional groups attached to an aromatic ring is 1. The fourth-order valence-electron chi connectivity index (χ4n) is 5.81. The van der Waals surface area contributed by atoms with E-state index in [1.807, 2.05) is 24.3 Å². The molecule has 2 amide bonds. The maximum Gasteiger partial charge on any atom is 0.336 e. The van der Waals surface area contributed by atoms with Crippen LogP contribution in [0.5, 0.6) is 11.6 Å². The number of hydrogen-bond acceptors (Lipinski definition) is 12. The molecule has 7 rings (SSSR count). The summed E-state index contributed by atoms with van der Waals surface area (Å²) in [5.41, 5.74) is 10.00. The Bertz CT molecular complexity index is 2570. The number of imidazole rings is 1. The number of amides is 2. The van der Waals surface area contributed by atoms with Crippen molar-refractivity contribution in [1.82, 2.24) is 25.3 Å². The number of thioether (sulfide) groups is 1. The molecule has 3 aromatic carbocycles. The van der Waals surface area contributed by atoms with E-state index in [4.69, 9.17) is 14.9 Å². The molecular weight excluding hydrogens is 715 g/mol. The number of nitrogens with zero attached hydrogens (tertiary/aromatic N) is 3. The number of anilines is 2. The molecule has 7 N–H and O–H groups in total. The number of nitrogens with two attached hydrogens (primary N) is 1. The number of carbonyl (C=O) groups excluding carboxylic acids is 2. The van der Waals surface area contributed by atoms with Crippen LogP contribution in [0, 0.1) is 0 Å². The Morgan fingerprint density at radius 1 is 0.926 bits per heavy atom. The van der Waals surface area contributed by atoms with Crippen LogP contribution in [-0.2, 0) is 22.7 Å². The number of fused-ring (bicyclic) bond motifs is 3. The second-order valence-corrected chi connectivity index (χ2v) is 13.2. The van der Waals surface area contributed by atoms with Gasteiger partial charge >= 0.3 is 5.97 Å². The number of carbonyl (C=O) groups is 3. The van der Waals surface area contributed by atoms with Gasteiger partial charge < -0.3 is 40.7 Å². The highest BCUT2D eigenvalue weighted by molar-refractivity contribution is 7.99. The minimum atomic E-state index is -1.23. The summed E-state index contributed by atoms with van der Waals surface area (Å²) in [4.78, 5) is 65.0. The lowest BCUT2D eigenvalue weighted by Crippen LogP contribution is -2.23. The molecule has 16 heteroatoms. The van der Waals surface area contributed by atoms with Gasteiger partial charge in [0.05, 0.1) is 17.6 Å². The predicted octanol–water partition coefficient (Wildman–Crippen LogP) is 5.17. The summed E-state index contributed by atoms with van der Waals surface area (Å²) in [5.74, 6) is -0.779. The summed E-state index contributed by atoms with van der Waals surface area (Å²) in [6.45, 7) is 0.570. The third-order valence-electron chi connectivity index (χ3n) is 8.34. The van der Waals surface area contributed by atoms with Crippen molar-refractivity contribution in [1.29, 1.82) is 0 Å². The number of aromatic hydroxyl groups is 1. The number of H-pyrrole nitrogens is 1. The lowest BCUT2D eigenvalue weighted by molar-refractivity contribution is -0.121. The van der Waals surface area contributed by atoms with Crippen molar-refractivity contribution < 1.29 is 33.8 Å². The van der Waals surface area contributed by atoms with Crippen LogP contribution in [0.4, 0.5) is 11.6 Å². The van der Waals surface area contributed by atoms with E-state index >= 15 is 0 Å². The van der Waals surface area contributed by atoms with Crippen LogP contribution in [0.3, 0.4) is 0 Å². The average Bonchev–Trinajstić information content (AvgIpc) is 3.63. The van der Waals surface area contributed by atoms with E-state index < -0.39 is 5.97 Å². The standard InChI is InChI=1S/C38H31N7O8S/c39-38-44-35-34(41-19-42-35)36(45-38)52-17-21-3-1-20(2-4-21)16-40-31(48)11-12-54-18-32(49)43-22-5-8-25(28(13-22)37(50)51)33-26-9-6-23(46)14-29(26)53-30-15-24(47)7-10-27(30)33/h1-10,13-15,19,46H,11-12,16-18H2,(H,40,48)(H,43,49)(H,50,51)(H3,39,41,42,44,45). The predicted molar refractivity (Wildman–Crippen MR) is 202 cm³/mol. The third-order valence-corrected chi connectivity index (χ3v) is 9.30. The van der Waals surface area contributed by atoms with E-state index in [0.717, 1.165) is 11.1 Å². The summed E-state index contributed by atoms with van der Waals surface area (Å²) >= 11 is 1.27. The molecule has 54 heavy (non-hydrogen) atoms. The van der Waals surface area contributed by atoms with Gasteiger partial charge in [0.25, 0.3) is 0 Å². The van der Waals surface area contributed by atoms with Gasteiger partial charge in [-0.15, -0.1) is 0 Å². The smallest absolute Gasteiger partial charge is 0.336 e. The van der Waals surface area contributed by atoms with E-state index in [1.165, 1.54) is 48.4 Å². The number of nitrogens with one attached hydrogen (secondary N) is 3. The molecule has 0 saturated heterocycles. The fourth-order valence-corrected chi connectivity index (χ4v) is 6.55. The van der Waals surface area contributed by atoms with Crippen molar-refractivity contribution in [3.8, 4) is 34.1 Å². The van der Waals surface area contributed by atoms with Gasteiger partial charge in [-0.05, 0) is 53.1 Å². The lowest BCUT2D eigenvalue weighted by Gasteiger charge is -2.17. The molecule has 0 unspecified atom stereocenters. The summed E-state index contributed by atoms with van der Waals surface area (Å²) < 4.78 is 11.7. The lowest BCUT2D eigenvalue weighted by atomic mass is 9.90. The van der Waals surface area contributed by atoms with Crippen LogP contribution in [0.25, 0.3) is 44.6 Å². The molecule has 5 aromatic rings. The zero-order valence-corrected chi connectivity index (χ0v) is 29.1. The second kappa shape index (κ2) is 15.3. The maximum atomic E-state index is 12.8. The molecule has 1 aliphatic heterocycles.